The maximum Gasteiger partial charge on any atom is 0.230 e. The summed E-state index contributed by atoms with van der Waals surface area (Å²) in [5.41, 5.74) is 5.52. The van der Waals surface area contributed by atoms with Crippen LogP contribution in [0.3, 0.4) is 0 Å². The van der Waals surface area contributed by atoms with Crippen molar-refractivity contribution in [2.24, 2.45) is 17.1 Å². The van der Waals surface area contributed by atoms with Crippen LogP contribution in [-0.2, 0) is 11.2 Å². The fraction of sp³-hybridized carbons (Fsp3) is 0.812. The molecule has 1 aliphatic rings. The Morgan fingerprint density at radius 1 is 1.43 bits per heavy atom. The van der Waals surface area contributed by atoms with Gasteiger partial charge in [-0.2, -0.15) is 4.98 Å². The van der Waals surface area contributed by atoms with Gasteiger partial charge in [-0.3, -0.25) is 4.79 Å². The highest BCUT2D eigenvalue weighted by Crippen LogP contribution is 2.30. The number of carbonyl (C=O) groups is 1. The lowest BCUT2D eigenvalue weighted by Gasteiger charge is -2.39. The maximum absolute atomic E-state index is 12.9. The molecule has 0 aliphatic carbocycles. The molecule has 0 spiro atoms. The summed E-state index contributed by atoms with van der Waals surface area (Å²) >= 11 is 0. The molecule has 132 valence electrons. The third kappa shape index (κ3) is 4.44. The number of nitrogens with zero attached hydrogens (tertiary/aromatic N) is 3. The Hall–Kier alpha value is -1.14. The van der Waals surface area contributed by atoms with E-state index in [1.807, 2.05) is 4.90 Å². The molecule has 1 amide bonds. The number of hydrogen-bond donors (Lipinski definition) is 1. The van der Waals surface area contributed by atoms with Gasteiger partial charge in [0.25, 0.3) is 0 Å². The smallest absolute Gasteiger partial charge is 0.230 e. The minimum absolute atomic E-state index is 0. The van der Waals surface area contributed by atoms with Gasteiger partial charge in [0.2, 0.25) is 11.8 Å². The number of aromatic nitrogens is 2. The first-order valence-electron chi connectivity index (χ1n) is 8.33. The van der Waals surface area contributed by atoms with E-state index in [0.717, 1.165) is 51.0 Å². The summed E-state index contributed by atoms with van der Waals surface area (Å²) in [5.74, 6) is 1.96. The highest BCUT2D eigenvalue weighted by Gasteiger charge is 2.38. The van der Waals surface area contributed by atoms with Gasteiger partial charge in [0, 0.05) is 33.0 Å². The maximum atomic E-state index is 12.9. The van der Waals surface area contributed by atoms with Gasteiger partial charge in [-0.25, -0.2) is 0 Å². The lowest BCUT2D eigenvalue weighted by molar-refractivity contribution is -0.144. The topological polar surface area (TPSA) is 85.3 Å². The molecule has 1 saturated heterocycles. The number of piperidine rings is 1. The first-order chi connectivity index (χ1) is 10.5. The van der Waals surface area contributed by atoms with Crippen molar-refractivity contribution < 1.29 is 9.32 Å². The second-order valence-electron chi connectivity index (χ2n) is 6.38. The highest BCUT2D eigenvalue weighted by atomic mass is 35.5. The molecule has 23 heavy (non-hydrogen) atoms. The van der Waals surface area contributed by atoms with Crippen LogP contribution in [0, 0.1) is 18.3 Å². The Labute approximate surface area is 144 Å². The van der Waals surface area contributed by atoms with Crippen LogP contribution >= 0.6 is 12.4 Å². The Bertz CT molecular complexity index is 494. The molecule has 6 nitrogen and oxygen atoms in total. The van der Waals surface area contributed by atoms with E-state index in [9.17, 15) is 4.79 Å². The zero-order valence-electron chi connectivity index (χ0n) is 14.4. The summed E-state index contributed by atoms with van der Waals surface area (Å²) in [6.45, 7) is 7.93. The summed E-state index contributed by atoms with van der Waals surface area (Å²) in [6, 6.07) is 0. The summed E-state index contributed by atoms with van der Waals surface area (Å²) in [4.78, 5) is 19.2. The zero-order chi connectivity index (χ0) is 16.2. The van der Waals surface area contributed by atoms with E-state index < -0.39 is 5.41 Å². The van der Waals surface area contributed by atoms with Crippen LogP contribution < -0.4 is 5.73 Å². The normalized spacial score (nSPS) is 18.6. The Morgan fingerprint density at radius 2 is 2.13 bits per heavy atom. The van der Waals surface area contributed by atoms with Crippen molar-refractivity contribution in [3.63, 3.8) is 0 Å². The van der Waals surface area contributed by atoms with Crippen LogP contribution in [0.15, 0.2) is 4.52 Å². The van der Waals surface area contributed by atoms with Crippen molar-refractivity contribution in [1.29, 1.82) is 0 Å². The van der Waals surface area contributed by atoms with Gasteiger partial charge >= 0.3 is 0 Å². The van der Waals surface area contributed by atoms with Crippen LogP contribution in [0.1, 0.15) is 51.2 Å². The molecule has 1 fully saturated rings. The molecule has 7 heteroatoms. The number of hydrogen-bond acceptors (Lipinski definition) is 5. The third-order valence-corrected chi connectivity index (χ3v) is 5.05. The first kappa shape index (κ1) is 19.9. The van der Waals surface area contributed by atoms with Crippen LogP contribution in [0.25, 0.3) is 0 Å². The van der Waals surface area contributed by atoms with Crippen molar-refractivity contribution in [1.82, 2.24) is 15.0 Å². The number of rotatable bonds is 6. The third-order valence-electron chi connectivity index (χ3n) is 5.05. The van der Waals surface area contributed by atoms with Crippen LogP contribution in [-0.4, -0.2) is 40.6 Å². The fourth-order valence-corrected chi connectivity index (χ4v) is 3.36. The Kier molecular flexibility index (Phi) is 7.48. The van der Waals surface area contributed by atoms with Crippen molar-refractivity contribution in [3.05, 3.63) is 11.7 Å². The summed E-state index contributed by atoms with van der Waals surface area (Å²) in [6.07, 6.45) is 4.50. The van der Waals surface area contributed by atoms with Gasteiger partial charge in [-0.05, 0) is 31.6 Å². The number of nitrogens with two attached hydrogens (primary N) is 1. The largest absolute Gasteiger partial charge is 0.342 e. The van der Waals surface area contributed by atoms with E-state index in [4.69, 9.17) is 10.3 Å². The second kappa shape index (κ2) is 8.64. The first-order valence-corrected chi connectivity index (χ1v) is 8.33. The molecule has 1 aromatic heterocycles. The highest BCUT2D eigenvalue weighted by molar-refractivity contribution is 5.85. The van der Waals surface area contributed by atoms with Gasteiger partial charge < -0.3 is 15.2 Å². The molecular formula is C16H29ClN4O2. The number of carbonyl (C=O) groups excluding carboxylic acids is 1. The minimum Gasteiger partial charge on any atom is -0.342 e. The predicted molar refractivity (Wildman–Crippen MR) is 91.4 cm³/mol. The van der Waals surface area contributed by atoms with E-state index >= 15 is 0 Å². The van der Waals surface area contributed by atoms with Crippen molar-refractivity contribution in [3.8, 4) is 0 Å². The summed E-state index contributed by atoms with van der Waals surface area (Å²) in [5, 5.41) is 3.97. The van der Waals surface area contributed by atoms with Crippen molar-refractivity contribution >= 4 is 18.3 Å². The molecule has 1 aromatic rings. The molecule has 0 bridgehead atoms. The van der Waals surface area contributed by atoms with Crippen LogP contribution in [0.5, 0.6) is 0 Å². The lowest BCUT2D eigenvalue weighted by atomic mass is 9.80. The van der Waals surface area contributed by atoms with Crippen LogP contribution in [0.2, 0.25) is 0 Å². The molecule has 0 radical (unpaired) electrons. The van der Waals surface area contributed by atoms with E-state index in [1.165, 1.54) is 0 Å². The molecule has 2 rings (SSSR count). The van der Waals surface area contributed by atoms with E-state index in [1.54, 1.807) is 6.92 Å². The average Bonchev–Trinajstić information content (AvgIpc) is 2.94. The lowest BCUT2D eigenvalue weighted by Crippen LogP contribution is -2.51. The SMILES string of the molecule is CCC(CC)(CN)C(=O)N1CCCC(Cc2noc(C)n2)C1.Cl. The number of aryl methyl sites for hydroxylation is 1. The Balaban J connectivity index is 0.00000264. The van der Waals surface area contributed by atoms with Gasteiger partial charge in [0.05, 0.1) is 5.41 Å². The molecule has 0 aromatic carbocycles. The van der Waals surface area contributed by atoms with Gasteiger partial charge in [0.1, 0.15) is 0 Å². The van der Waals surface area contributed by atoms with Crippen molar-refractivity contribution in [2.45, 2.75) is 52.9 Å². The molecule has 1 unspecified atom stereocenters. The molecule has 2 heterocycles. The molecule has 0 saturated carbocycles. The summed E-state index contributed by atoms with van der Waals surface area (Å²) in [7, 11) is 0. The van der Waals surface area contributed by atoms with Gasteiger partial charge in [-0.15, -0.1) is 12.4 Å². The number of amides is 1. The predicted octanol–water partition coefficient (Wildman–Crippen LogP) is 2.35. The Morgan fingerprint density at radius 3 is 2.65 bits per heavy atom. The van der Waals surface area contributed by atoms with Crippen LogP contribution in [0.4, 0.5) is 0 Å². The quantitative estimate of drug-likeness (QED) is 0.856. The fourth-order valence-electron chi connectivity index (χ4n) is 3.36. The van der Waals surface area contributed by atoms with E-state index in [2.05, 4.69) is 24.0 Å². The molecule has 1 aliphatic heterocycles. The number of likely N-dealkylation sites (tertiary alicyclic amines) is 1. The molecule has 2 N–H and O–H groups in total. The zero-order valence-corrected chi connectivity index (χ0v) is 15.2. The summed E-state index contributed by atoms with van der Waals surface area (Å²) < 4.78 is 5.03. The van der Waals surface area contributed by atoms with E-state index in [0.29, 0.717) is 18.4 Å². The van der Waals surface area contributed by atoms with E-state index in [-0.39, 0.29) is 18.3 Å². The standard InChI is InChI=1S/C16H28N4O2.ClH/c1-4-16(5-2,11-17)15(21)20-8-6-7-13(10-20)9-14-18-12(3)22-19-14;/h13H,4-11,17H2,1-3H3;1H. The van der Waals surface area contributed by atoms with Gasteiger partial charge in [-0.1, -0.05) is 19.0 Å². The van der Waals surface area contributed by atoms with Crippen molar-refractivity contribution in [2.75, 3.05) is 19.6 Å². The number of halogens is 1. The molecular weight excluding hydrogens is 316 g/mol. The average molecular weight is 345 g/mol. The second-order valence-corrected chi connectivity index (χ2v) is 6.38. The van der Waals surface area contributed by atoms with Gasteiger partial charge in [0.15, 0.2) is 5.82 Å². The molecule has 1 atom stereocenters. The minimum atomic E-state index is -0.398. The monoisotopic (exact) mass is 344 g/mol.